The zero-order valence-corrected chi connectivity index (χ0v) is 30.0. The second-order valence-electron chi connectivity index (χ2n) is 12.0. The maximum absolute atomic E-state index is 13.9. The van der Waals surface area contributed by atoms with Crippen molar-refractivity contribution < 1.29 is 46.5 Å². The molecule has 2 atom stereocenters. The molecule has 49 heavy (non-hydrogen) atoms. The van der Waals surface area contributed by atoms with Crippen LogP contribution in [0.5, 0.6) is 5.75 Å². The Kier molecular flexibility index (Phi) is 14.4. The number of esters is 2. The summed E-state index contributed by atoms with van der Waals surface area (Å²) in [5, 5.41) is 5.79. The number of ether oxygens (including phenoxy) is 4. The molecule has 0 saturated heterocycles. The Labute approximate surface area is 286 Å². The number of alkyl carbamates (subject to hydrolysis) is 1. The average Bonchev–Trinajstić information content (AvgIpc) is 3.04. The standard InChI is InChI=1S/C32H44N6O10S/c1-19-14-26(45-7)20(2)21(3)28(19)49(43,44)35-16-22-10-12-23(13-11-22)18-38(25(30(41)47-9)15-27(39)46-8)29(40)24(17-34-37-33)36-31(42)48-32(4,5)6/h10-14,24-25,35H,15-18H2,1-9H3,(H,36,42)/t24-,25+/m1/s1. The van der Waals surface area contributed by atoms with Crippen molar-refractivity contribution in [1.29, 1.82) is 0 Å². The third kappa shape index (κ3) is 11.4. The SMILES string of the molecule is COC(=O)C[C@@H](C(=O)OC)N(Cc1ccc(CNS(=O)(=O)c2c(C)cc(OC)c(C)c2C)cc1)C(=O)[C@@H](CN=[N+]=[N-])NC(=O)OC(C)(C)C. The predicted molar refractivity (Wildman–Crippen MR) is 178 cm³/mol. The van der Waals surface area contributed by atoms with Crippen molar-refractivity contribution in [3.8, 4) is 5.75 Å². The summed E-state index contributed by atoms with van der Waals surface area (Å²) in [6.07, 6.45) is -1.57. The summed E-state index contributed by atoms with van der Waals surface area (Å²) in [6.45, 7) is 9.16. The molecule has 0 aliphatic rings. The summed E-state index contributed by atoms with van der Waals surface area (Å²) in [6, 6.07) is 5.15. The number of nitrogens with zero attached hydrogens (tertiary/aromatic N) is 4. The molecule has 0 aliphatic carbocycles. The quantitative estimate of drug-likeness (QED) is 0.0900. The van der Waals surface area contributed by atoms with Crippen molar-refractivity contribution in [3.63, 3.8) is 0 Å². The molecule has 2 aromatic carbocycles. The van der Waals surface area contributed by atoms with E-state index in [1.165, 1.54) is 7.11 Å². The molecule has 17 heteroatoms. The van der Waals surface area contributed by atoms with Gasteiger partial charge in [0.2, 0.25) is 15.9 Å². The van der Waals surface area contributed by atoms with Gasteiger partial charge in [0, 0.05) is 18.0 Å². The summed E-state index contributed by atoms with van der Waals surface area (Å²) in [5.41, 5.74) is 10.9. The van der Waals surface area contributed by atoms with Gasteiger partial charge >= 0.3 is 18.0 Å². The molecule has 0 fully saturated rings. The first-order valence-corrected chi connectivity index (χ1v) is 16.5. The van der Waals surface area contributed by atoms with Crippen molar-refractivity contribution in [3.05, 3.63) is 68.6 Å². The van der Waals surface area contributed by atoms with Gasteiger partial charge in [0.05, 0.1) is 39.2 Å². The number of carbonyl (C=O) groups is 4. The van der Waals surface area contributed by atoms with E-state index in [0.29, 0.717) is 33.6 Å². The summed E-state index contributed by atoms with van der Waals surface area (Å²) in [4.78, 5) is 55.6. The lowest BCUT2D eigenvalue weighted by Gasteiger charge is -2.33. The summed E-state index contributed by atoms with van der Waals surface area (Å²) < 4.78 is 49.5. The van der Waals surface area contributed by atoms with Crippen molar-refractivity contribution in [2.45, 2.75) is 83.6 Å². The molecule has 2 N–H and O–H groups in total. The fraction of sp³-hybridized carbons (Fsp3) is 0.500. The minimum absolute atomic E-state index is 0.0591. The highest BCUT2D eigenvalue weighted by Crippen LogP contribution is 2.30. The fourth-order valence-corrected chi connectivity index (χ4v) is 6.39. The van der Waals surface area contributed by atoms with E-state index in [2.05, 4.69) is 20.1 Å². The first-order valence-electron chi connectivity index (χ1n) is 15.1. The van der Waals surface area contributed by atoms with Crippen molar-refractivity contribution in [2.24, 2.45) is 5.11 Å². The number of amides is 2. The Morgan fingerprint density at radius 1 is 0.980 bits per heavy atom. The molecule has 16 nitrogen and oxygen atoms in total. The number of aryl methyl sites for hydroxylation is 1. The Morgan fingerprint density at radius 3 is 2.12 bits per heavy atom. The molecule has 0 bridgehead atoms. The van der Waals surface area contributed by atoms with E-state index < -0.39 is 64.6 Å². The largest absolute Gasteiger partial charge is 0.496 e. The number of hydrogen-bond donors (Lipinski definition) is 2. The highest BCUT2D eigenvalue weighted by atomic mass is 32.2. The zero-order chi connectivity index (χ0) is 37.1. The molecule has 2 aromatic rings. The Bertz CT molecular complexity index is 1680. The van der Waals surface area contributed by atoms with Crippen LogP contribution < -0.4 is 14.8 Å². The summed E-state index contributed by atoms with van der Waals surface area (Å²) in [7, 11) is -0.204. The number of hydrogen-bond acceptors (Lipinski definition) is 11. The van der Waals surface area contributed by atoms with Crippen LogP contribution in [0.25, 0.3) is 10.4 Å². The van der Waals surface area contributed by atoms with Gasteiger partial charge in [-0.05, 0) is 81.0 Å². The van der Waals surface area contributed by atoms with E-state index >= 15 is 0 Å². The summed E-state index contributed by atoms with van der Waals surface area (Å²) in [5.74, 6) is -2.05. The van der Waals surface area contributed by atoms with Gasteiger partial charge in [-0.15, -0.1) is 0 Å². The minimum atomic E-state index is -3.92. The molecule has 2 amide bonds. The molecule has 2 rings (SSSR count). The molecule has 0 radical (unpaired) electrons. The van der Waals surface area contributed by atoms with E-state index in [-0.39, 0.29) is 18.0 Å². The van der Waals surface area contributed by atoms with Gasteiger partial charge in [0.15, 0.2) is 0 Å². The molecule has 0 aliphatic heterocycles. The Morgan fingerprint density at radius 2 is 1.59 bits per heavy atom. The molecule has 0 saturated carbocycles. The van der Waals surface area contributed by atoms with Crippen LogP contribution in [-0.4, -0.2) is 82.8 Å². The number of nitrogens with one attached hydrogen (secondary N) is 2. The molecule has 268 valence electrons. The van der Waals surface area contributed by atoms with Gasteiger partial charge in [-0.3, -0.25) is 9.59 Å². The van der Waals surface area contributed by atoms with Crippen LogP contribution >= 0.6 is 0 Å². The van der Waals surface area contributed by atoms with Gasteiger partial charge in [0.25, 0.3) is 0 Å². The molecular formula is C32H44N6O10S. The molecule has 0 heterocycles. The van der Waals surface area contributed by atoms with Crippen LogP contribution in [0.4, 0.5) is 4.79 Å². The van der Waals surface area contributed by atoms with Crippen LogP contribution in [0.15, 0.2) is 40.3 Å². The lowest BCUT2D eigenvalue weighted by molar-refractivity contribution is -0.158. The first kappa shape index (κ1) is 40.3. The number of rotatable bonds is 15. The van der Waals surface area contributed by atoms with Crippen LogP contribution in [-0.2, 0) is 51.7 Å². The van der Waals surface area contributed by atoms with Gasteiger partial charge < -0.3 is 29.2 Å². The van der Waals surface area contributed by atoms with E-state index in [9.17, 15) is 27.6 Å². The second-order valence-corrected chi connectivity index (χ2v) is 13.7. The van der Waals surface area contributed by atoms with Crippen molar-refractivity contribution in [2.75, 3.05) is 27.9 Å². The number of sulfonamides is 1. The van der Waals surface area contributed by atoms with Crippen LogP contribution in [0.1, 0.15) is 55.0 Å². The topological polar surface area (TPSA) is 215 Å². The third-order valence-corrected chi connectivity index (χ3v) is 9.04. The smallest absolute Gasteiger partial charge is 0.408 e. The van der Waals surface area contributed by atoms with E-state index in [1.807, 2.05) is 0 Å². The molecule has 0 unspecified atom stereocenters. The second kappa shape index (κ2) is 17.5. The van der Waals surface area contributed by atoms with Crippen LogP contribution in [0.2, 0.25) is 0 Å². The molecule has 0 spiro atoms. The van der Waals surface area contributed by atoms with Crippen molar-refractivity contribution >= 4 is 34.0 Å². The zero-order valence-electron chi connectivity index (χ0n) is 29.1. The summed E-state index contributed by atoms with van der Waals surface area (Å²) >= 11 is 0. The van der Waals surface area contributed by atoms with E-state index in [1.54, 1.807) is 71.9 Å². The maximum atomic E-state index is 13.9. The Balaban J connectivity index is 2.43. The van der Waals surface area contributed by atoms with E-state index in [4.69, 9.17) is 24.5 Å². The molecular weight excluding hydrogens is 660 g/mol. The number of benzene rings is 2. The number of methoxy groups -OCH3 is 3. The average molecular weight is 705 g/mol. The third-order valence-electron chi connectivity index (χ3n) is 7.35. The highest BCUT2D eigenvalue weighted by Gasteiger charge is 2.37. The van der Waals surface area contributed by atoms with Gasteiger partial charge in [-0.2, -0.15) is 0 Å². The van der Waals surface area contributed by atoms with Crippen LogP contribution in [0, 0.1) is 20.8 Å². The first-order chi connectivity index (χ1) is 22.9. The highest BCUT2D eigenvalue weighted by molar-refractivity contribution is 7.89. The van der Waals surface area contributed by atoms with E-state index in [0.717, 1.165) is 19.1 Å². The molecule has 0 aromatic heterocycles. The lowest BCUT2D eigenvalue weighted by atomic mass is 10.1. The van der Waals surface area contributed by atoms with Crippen molar-refractivity contribution in [1.82, 2.24) is 14.9 Å². The number of azide groups is 1. The lowest BCUT2D eigenvalue weighted by Crippen LogP contribution is -2.55. The van der Waals surface area contributed by atoms with Gasteiger partial charge in [-0.1, -0.05) is 29.4 Å². The van der Waals surface area contributed by atoms with Crippen LogP contribution in [0.3, 0.4) is 0 Å². The predicted octanol–water partition coefficient (Wildman–Crippen LogP) is 3.74. The van der Waals surface area contributed by atoms with Gasteiger partial charge in [-0.25, -0.2) is 22.7 Å². The number of carbonyl (C=O) groups excluding carboxylic acids is 4. The van der Waals surface area contributed by atoms with Gasteiger partial charge in [0.1, 0.15) is 23.4 Å². The monoisotopic (exact) mass is 704 g/mol. The minimum Gasteiger partial charge on any atom is -0.496 e. The normalized spacial score (nSPS) is 12.5. The Hall–Kier alpha value is -4.86. The fourth-order valence-electron chi connectivity index (χ4n) is 4.85. The maximum Gasteiger partial charge on any atom is 0.408 e.